The van der Waals surface area contributed by atoms with Gasteiger partial charge in [0.1, 0.15) is 17.3 Å². The minimum atomic E-state index is -0.491. The predicted octanol–water partition coefficient (Wildman–Crippen LogP) is 3.39. The Morgan fingerprint density at radius 3 is 2.67 bits per heavy atom. The summed E-state index contributed by atoms with van der Waals surface area (Å²) in [6.45, 7) is 4.83. The number of ether oxygens (including phenoxy) is 2. The second-order valence-corrected chi connectivity index (χ2v) is 4.78. The van der Waals surface area contributed by atoms with Crippen LogP contribution in [0.15, 0.2) is 47.6 Å². The van der Waals surface area contributed by atoms with Crippen molar-refractivity contribution in [1.29, 1.82) is 0 Å². The first-order chi connectivity index (χ1) is 11.6. The van der Waals surface area contributed by atoms with Crippen LogP contribution in [-0.2, 0) is 0 Å². The molecule has 2 rings (SSSR count). The lowest BCUT2D eigenvalue weighted by molar-refractivity contribution is 0.0954. The molecule has 0 spiro atoms. The highest BCUT2D eigenvalue weighted by atomic mass is 19.1. The van der Waals surface area contributed by atoms with E-state index in [1.807, 2.05) is 13.8 Å². The number of carbonyl (C=O) groups is 1. The molecule has 0 unspecified atom stereocenters. The monoisotopic (exact) mass is 330 g/mol. The van der Waals surface area contributed by atoms with Crippen molar-refractivity contribution in [3.05, 3.63) is 59.4 Å². The number of benzene rings is 2. The fourth-order valence-electron chi connectivity index (χ4n) is 2.01. The average Bonchev–Trinajstić information content (AvgIpc) is 2.57. The normalized spacial score (nSPS) is 10.6. The molecule has 1 N–H and O–H groups in total. The third kappa shape index (κ3) is 4.81. The fourth-order valence-corrected chi connectivity index (χ4v) is 2.01. The van der Waals surface area contributed by atoms with Crippen LogP contribution >= 0.6 is 0 Å². The summed E-state index contributed by atoms with van der Waals surface area (Å²) in [7, 11) is 0. The number of halogens is 1. The molecular weight excluding hydrogens is 311 g/mol. The number of amides is 1. The number of hydrogen-bond acceptors (Lipinski definition) is 4. The lowest BCUT2D eigenvalue weighted by atomic mass is 10.2. The fraction of sp³-hybridized carbons (Fsp3) is 0.222. The van der Waals surface area contributed by atoms with Crippen LogP contribution in [0.5, 0.6) is 11.5 Å². The molecule has 0 heterocycles. The van der Waals surface area contributed by atoms with Crippen molar-refractivity contribution in [2.24, 2.45) is 5.10 Å². The van der Waals surface area contributed by atoms with E-state index in [0.717, 1.165) is 6.07 Å². The highest BCUT2D eigenvalue weighted by Gasteiger charge is 2.06. The Labute approximate surface area is 140 Å². The highest BCUT2D eigenvalue weighted by molar-refractivity contribution is 5.95. The number of hydrazone groups is 1. The van der Waals surface area contributed by atoms with Gasteiger partial charge in [-0.2, -0.15) is 5.10 Å². The zero-order valence-electron chi connectivity index (χ0n) is 13.6. The van der Waals surface area contributed by atoms with E-state index in [4.69, 9.17) is 9.47 Å². The van der Waals surface area contributed by atoms with Crippen LogP contribution in [0.1, 0.15) is 29.8 Å². The molecule has 6 heteroatoms. The molecule has 0 fully saturated rings. The minimum absolute atomic E-state index is 0.198. The van der Waals surface area contributed by atoms with Gasteiger partial charge in [0.25, 0.3) is 5.91 Å². The molecular formula is C18H19FN2O3. The van der Waals surface area contributed by atoms with E-state index in [0.29, 0.717) is 30.3 Å². The summed E-state index contributed by atoms with van der Waals surface area (Å²) in [5, 5.41) is 3.90. The van der Waals surface area contributed by atoms with Crippen LogP contribution in [0, 0.1) is 5.82 Å². The van der Waals surface area contributed by atoms with Crippen LogP contribution in [0.3, 0.4) is 0 Å². The van der Waals surface area contributed by atoms with Crippen LogP contribution in [0.25, 0.3) is 0 Å². The van der Waals surface area contributed by atoms with Gasteiger partial charge < -0.3 is 9.47 Å². The third-order valence-corrected chi connectivity index (χ3v) is 3.05. The maximum atomic E-state index is 13.1. The Morgan fingerprint density at radius 2 is 1.96 bits per heavy atom. The van der Waals surface area contributed by atoms with Gasteiger partial charge in [0, 0.05) is 17.2 Å². The molecule has 0 aliphatic carbocycles. The van der Waals surface area contributed by atoms with E-state index in [1.165, 1.54) is 24.4 Å². The zero-order chi connectivity index (χ0) is 17.4. The second kappa shape index (κ2) is 8.67. The maximum absolute atomic E-state index is 13.1. The first-order valence-corrected chi connectivity index (χ1v) is 7.62. The summed E-state index contributed by atoms with van der Waals surface area (Å²) in [5.41, 5.74) is 3.25. The van der Waals surface area contributed by atoms with E-state index < -0.39 is 11.7 Å². The molecule has 0 saturated carbocycles. The first-order valence-electron chi connectivity index (χ1n) is 7.62. The molecule has 0 saturated heterocycles. The topological polar surface area (TPSA) is 59.9 Å². The number of nitrogens with zero attached hydrogens (tertiary/aromatic N) is 1. The van der Waals surface area contributed by atoms with Crippen molar-refractivity contribution in [3.8, 4) is 11.5 Å². The van der Waals surface area contributed by atoms with Crippen molar-refractivity contribution in [2.75, 3.05) is 13.2 Å². The van der Waals surface area contributed by atoms with Crippen molar-refractivity contribution in [3.63, 3.8) is 0 Å². The number of carbonyl (C=O) groups excluding carboxylic acids is 1. The van der Waals surface area contributed by atoms with Crippen molar-refractivity contribution in [1.82, 2.24) is 5.43 Å². The minimum Gasteiger partial charge on any atom is -0.494 e. The van der Waals surface area contributed by atoms with Gasteiger partial charge >= 0.3 is 0 Å². The largest absolute Gasteiger partial charge is 0.494 e. The molecule has 0 atom stereocenters. The molecule has 0 aliphatic rings. The Kier molecular flexibility index (Phi) is 6.31. The molecule has 2 aromatic rings. The Morgan fingerprint density at radius 1 is 1.17 bits per heavy atom. The van der Waals surface area contributed by atoms with Crippen LogP contribution in [0.4, 0.5) is 4.39 Å². The highest BCUT2D eigenvalue weighted by Crippen LogP contribution is 2.23. The summed E-state index contributed by atoms with van der Waals surface area (Å²) in [6, 6.07) is 10.7. The van der Waals surface area contributed by atoms with Crippen LogP contribution in [-0.4, -0.2) is 25.3 Å². The molecule has 5 nitrogen and oxygen atoms in total. The van der Waals surface area contributed by atoms with Crippen LogP contribution in [0.2, 0.25) is 0 Å². The van der Waals surface area contributed by atoms with Gasteiger partial charge in [-0.25, -0.2) is 9.82 Å². The van der Waals surface area contributed by atoms with Crippen molar-refractivity contribution < 1.29 is 18.7 Å². The van der Waals surface area contributed by atoms with Gasteiger partial charge in [0.15, 0.2) is 0 Å². The molecule has 24 heavy (non-hydrogen) atoms. The summed E-state index contributed by atoms with van der Waals surface area (Å²) in [4.78, 5) is 11.9. The van der Waals surface area contributed by atoms with Crippen molar-refractivity contribution in [2.45, 2.75) is 13.8 Å². The van der Waals surface area contributed by atoms with E-state index in [9.17, 15) is 9.18 Å². The molecule has 0 aromatic heterocycles. The third-order valence-electron chi connectivity index (χ3n) is 3.05. The molecule has 126 valence electrons. The van der Waals surface area contributed by atoms with Gasteiger partial charge in [-0.3, -0.25) is 4.79 Å². The van der Waals surface area contributed by atoms with Gasteiger partial charge in [0.2, 0.25) is 0 Å². The number of hydrogen-bond donors (Lipinski definition) is 1. The number of rotatable bonds is 7. The van der Waals surface area contributed by atoms with Crippen LogP contribution < -0.4 is 14.9 Å². The Bertz CT molecular complexity index is 732. The summed E-state index contributed by atoms with van der Waals surface area (Å²) < 4.78 is 24.1. The average molecular weight is 330 g/mol. The molecule has 1 amide bonds. The summed E-state index contributed by atoms with van der Waals surface area (Å²) >= 11 is 0. The molecule has 0 aliphatic heterocycles. The standard InChI is InChI=1S/C18H19FN2O3/c1-3-23-16-9-8-14(17(11-16)24-4-2)12-20-21-18(22)13-6-5-7-15(19)10-13/h5-12H,3-4H2,1-2H3,(H,21,22)/b20-12-. The second-order valence-electron chi connectivity index (χ2n) is 4.78. The molecule has 0 bridgehead atoms. The first kappa shape index (κ1) is 17.5. The van der Waals surface area contributed by atoms with Gasteiger partial charge in [-0.15, -0.1) is 0 Å². The van der Waals surface area contributed by atoms with Gasteiger partial charge in [-0.1, -0.05) is 6.07 Å². The Hall–Kier alpha value is -2.89. The van der Waals surface area contributed by atoms with Gasteiger partial charge in [-0.05, 0) is 44.2 Å². The quantitative estimate of drug-likeness (QED) is 0.625. The van der Waals surface area contributed by atoms with Crippen molar-refractivity contribution >= 4 is 12.1 Å². The smallest absolute Gasteiger partial charge is 0.271 e. The van der Waals surface area contributed by atoms with Gasteiger partial charge in [0.05, 0.1) is 19.4 Å². The maximum Gasteiger partial charge on any atom is 0.271 e. The molecule has 2 aromatic carbocycles. The number of nitrogens with one attached hydrogen (secondary N) is 1. The Balaban J connectivity index is 2.09. The van der Waals surface area contributed by atoms with E-state index in [2.05, 4.69) is 10.5 Å². The zero-order valence-corrected chi connectivity index (χ0v) is 13.6. The lowest BCUT2D eigenvalue weighted by Crippen LogP contribution is -2.17. The summed E-state index contributed by atoms with van der Waals surface area (Å²) in [6.07, 6.45) is 1.47. The SMILES string of the molecule is CCOc1ccc(/C=N\NC(=O)c2cccc(F)c2)c(OCC)c1. The lowest BCUT2D eigenvalue weighted by Gasteiger charge is -2.10. The van der Waals surface area contributed by atoms with E-state index >= 15 is 0 Å². The predicted molar refractivity (Wildman–Crippen MR) is 90.2 cm³/mol. The van der Waals surface area contributed by atoms with E-state index in [-0.39, 0.29) is 5.56 Å². The van der Waals surface area contributed by atoms with E-state index in [1.54, 1.807) is 18.2 Å². The molecule has 0 radical (unpaired) electrons. The summed E-state index contributed by atoms with van der Waals surface area (Å²) in [5.74, 6) is 0.334.